The maximum atomic E-state index is 11.9. The fraction of sp³-hybridized carbons (Fsp3) is 0.600. The molecule has 0 spiro atoms. The molecule has 0 bridgehead atoms. The van der Waals surface area contributed by atoms with Crippen LogP contribution in [-0.4, -0.2) is 53.2 Å². The van der Waals surface area contributed by atoms with Gasteiger partial charge in [-0.15, -0.1) is 0 Å². The van der Waals surface area contributed by atoms with Gasteiger partial charge in [-0.1, -0.05) is 0 Å². The molecule has 0 saturated carbocycles. The summed E-state index contributed by atoms with van der Waals surface area (Å²) in [7, 11) is 0. The normalized spacial score (nSPS) is 9.12. The molecule has 0 rings (SSSR count). The second kappa shape index (κ2) is 15.9. The Morgan fingerprint density at radius 2 is 0.520 bits per heavy atom. The smallest absolute Gasteiger partial charge is 0.296 e. The number of Topliss-reactive ketones (excluding diaryl/α,β-unsaturated/α-hetero) is 6. The minimum atomic E-state index is -1.91. The Hall–Kier alpha value is -1.57. The molecule has 0 atom stereocenters. The van der Waals surface area contributed by atoms with Gasteiger partial charge in [0.2, 0.25) is 18.5 Å². The van der Waals surface area contributed by atoms with Gasteiger partial charge in [-0.3, -0.25) is 28.8 Å². The van der Waals surface area contributed by atoms with Crippen LogP contribution in [0.2, 0.25) is 0 Å². The van der Waals surface area contributed by atoms with Crippen LogP contribution in [-0.2, 0) is 48.2 Å². The van der Waals surface area contributed by atoms with E-state index < -0.39 is 53.2 Å². The predicted octanol–water partition coefficient (Wildman–Crippen LogP) is 1.50. The second-order valence-electron chi connectivity index (χ2n) is 4.75. The first kappa shape index (κ1) is 31.2. The molecule has 0 fully saturated rings. The van der Waals surface area contributed by atoms with E-state index in [9.17, 15) is 41.9 Å². The summed E-state index contributed by atoms with van der Waals surface area (Å²) in [4.78, 5) is 59.9. The number of ketones is 6. The van der Waals surface area contributed by atoms with Gasteiger partial charge in [-0.05, 0) is 41.5 Å². The molecule has 1 radical (unpaired) electrons. The number of hydrogen-bond acceptors (Lipinski definition) is 6. The zero-order chi connectivity index (χ0) is 20.2. The van der Waals surface area contributed by atoms with Crippen LogP contribution in [0.25, 0.3) is 0 Å². The van der Waals surface area contributed by atoms with E-state index in [1.54, 1.807) is 0 Å². The van der Waals surface area contributed by atoms with Gasteiger partial charge >= 0.3 is 19.5 Å². The summed E-state index contributed by atoms with van der Waals surface area (Å²) < 4.78 is 35.8. The summed E-state index contributed by atoms with van der Waals surface area (Å²) in [5.41, 5.74) is 0. The molecule has 0 unspecified atom stereocenters. The average molecular weight is 455 g/mol. The molecule has 10 heteroatoms. The van der Waals surface area contributed by atoms with Gasteiger partial charge in [0.1, 0.15) is 0 Å². The van der Waals surface area contributed by atoms with Gasteiger partial charge in [-0.2, -0.15) is 0 Å². The Kier molecular flexibility index (Phi) is 19.9. The van der Waals surface area contributed by atoms with Crippen molar-refractivity contribution in [1.82, 2.24) is 0 Å². The third kappa shape index (κ3) is 18.6. The van der Waals surface area contributed by atoms with Crippen molar-refractivity contribution in [1.29, 1.82) is 0 Å². The van der Waals surface area contributed by atoms with Crippen LogP contribution in [0.3, 0.4) is 0 Å². The molecular weight excluding hydrogens is 434 g/mol. The van der Waals surface area contributed by atoms with Crippen molar-refractivity contribution >= 4 is 34.7 Å². The van der Waals surface area contributed by atoms with E-state index in [0.29, 0.717) is 0 Å². The second-order valence-corrected chi connectivity index (χ2v) is 4.75. The molecule has 0 aliphatic carbocycles. The zero-order valence-electron chi connectivity index (χ0n) is 14.7. The van der Waals surface area contributed by atoms with Crippen molar-refractivity contribution in [2.45, 2.75) is 60.1 Å². The summed E-state index contributed by atoms with van der Waals surface area (Å²) in [6.07, 6.45) is -5.72. The number of carbonyl (C=O) groups is 6. The maximum Gasteiger partial charge on any atom is 3.00 e. The minimum Gasteiger partial charge on any atom is -0.296 e. The molecule has 6 nitrogen and oxygen atoms in total. The van der Waals surface area contributed by atoms with Crippen molar-refractivity contribution in [3.05, 3.63) is 0 Å². The first-order chi connectivity index (χ1) is 10.7. The van der Waals surface area contributed by atoms with E-state index in [4.69, 9.17) is 0 Å². The van der Waals surface area contributed by atoms with Crippen molar-refractivity contribution in [3.63, 3.8) is 0 Å². The van der Waals surface area contributed by atoms with Gasteiger partial charge in [0.05, 0.1) is 0 Å². The molecule has 25 heavy (non-hydrogen) atoms. The molecule has 0 amide bonds. The first-order valence-corrected chi connectivity index (χ1v) is 6.61. The van der Waals surface area contributed by atoms with Crippen molar-refractivity contribution < 1.29 is 61.4 Å². The van der Waals surface area contributed by atoms with Gasteiger partial charge in [-0.25, -0.2) is 13.2 Å². The Balaban J connectivity index is -0.000000130. The molecule has 0 aromatic carbocycles. The van der Waals surface area contributed by atoms with Gasteiger partial charge in [0.15, 0.2) is 34.7 Å². The largest absolute Gasteiger partial charge is 3.00 e. The monoisotopic (exact) mass is 456 g/mol. The van der Waals surface area contributed by atoms with Crippen LogP contribution in [0, 0.1) is 0 Å². The molecule has 0 aliphatic heterocycles. The van der Waals surface area contributed by atoms with Gasteiger partial charge in [0, 0.05) is 0 Å². The van der Waals surface area contributed by atoms with Crippen molar-refractivity contribution in [2.75, 3.05) is 0 Å². The molecule has 0 N–H and O–H groups in total. The van der Waals surface area contributed by atoms with E-state index in [2.05, 4.69) is 0 Å². The summed E-state index contributed by atoms with van der Waals surface area (Å²) in [6, 6.07) is 0. The third-order valence-electron chi connectivity index (χ3n) is 2.14. The average Bonchev–Trinajstić information content (AvgIpc) is 2.45. The minimum absolute atomic E-state index is 0. The van der Waals surface area contributed by atoms with Crippen LogP contribution in [0.1, 0.15) is 41.5 Å². The third-order valence-corrected chi connectivity index (χ3v) is 2.14. The molecule has 0 heterocycles. The summed E-state index contributed by atoms with van der Waals surface area (Å²) in [6.45, 7) is 6.29. The van der Waals surface area contributed by atoms with E-state index in [1.807, 2.05) is 0 Å². The summed E-state index contributed by atoms with van der Waals surface area (Å²) in [5, 5.41) is 0. The van der Waals surface area contributed by atoms with Gasteiger partial charge in [0.25, 0.3) is 0 Å². The molecule has 0 saturated heterocycles. The van der Waals surface area contributed by atoms with Crippen LogP contribution in [0.4, 0.5) is 13.2 Å². The van der Waals surface area contributed by atoms with Crippen LogP contribution in [0.15, 0.2) is 0 Å². The summed E-state index contributed by atoms with van der Waals surface area (Å²) >= 11 is 0. The number of carbonyl (C=O) groups excluding carboxylic acids is 6. The Bertz CT molecular complexity index is 394. The molecule has 0 aromatic rings. The maximum absolute atomic E-state index is 11.9. The van der Waals surface area contributed by atoms with E-state index in [1.165, 1.54) is 0 Å². The van der Waals surface area contributed by atoms with Gasteiger partial charge < -0.3 is 0 Å². The number of halogens is 3. The van der Waals surface area contributed by atoms with Crippen LogP contribution >= 0.6 is 0 Å². The van der Waals surface area contributed by atoms with Crippen LogP contribution in [0.5, 0.6) is 0 Å². The number of alkyl halides is 3. The first-order valence-electron chi connectivity index (χ1n) is 6.61. The fourth-order valence-electron chi connectivity index (χ4n) is 0.859. The zero-order valence-corrected chi connectivity index (χ0v) is 16.4. The predicted molar refractivity (Wildman–Crippen MR) is 78.8 cm³/mol. The SMILES string of the molecule is CC(=O)C(F)C(C)=O.CC(=O)C(F)C(C)=O.CC(=O)C(F)C(C)=O.[Ru+3]. The van der Waals surface area contributed by atoms with Crippen molar-refractivity contribution in [3.8, 4) is 0 Å². The van der Waals surface area contributed by atoms with E-state index in [0.717, 1.165) is 41.5 Å². The Labute approximate surface area is 156 Å². The molecular formula is C15H21F3O6Ru+3. The molecule has 143 valence electrons. The Morgan fingerprint density at radius 3 is 0.520 bits per heavy atom. The standard InChI is InChI=1S/3C5H7FO2.Ru/c3*1-3(7)5(6)4(2)8;/h3*5H,1-2H3;/q;;;+3. The summed E-state index contributed by atoms with van der Waals surface area (Å²) in [5.74, 6) is -4.35. The van der Waals surface area contributed by atoms with Crippen LogP contribution < -0.4 is 0 Å². The topological polar surface area (TPSA) is 102 Å². The number of hydrogen-bond donors (Lipinski definition) is 0. The molecule has 0 aliphatic rings. The van der Waals surface area contributed by atoms with E-state index >= 15 is 0 Å². The molecule has 0 aromatic heterocycles. The van der Waals surface area contributed by atoms with E-state index in [-0.39, 0.29) is 19.5 Å². The van der Waals surface area contributed by atoms with Crippen molar-refractivity contribution in [2.24, 2.45) is 0 Å². The number of rotatable bonds is 6. The quantitative estimate of drug-likeness (QED) is 0.444. The Morgan fingerprint density at radius 1 is 0.440 bits per heavy atom. The fourth-order valence-corrected chi connectivity index (χ4v) is 0.859.